The zero-order chi connectivity index (χ0) is 12.7. The zero-order valence-electron chi connectivity index (χ0n) is 10.7. The summed E-state index contributed by atoms with van der Waals surface area (Å²) in [7, 11) is 0. The van der Waals surface area contributed by atoms with Crippen LogP contribution in [0.2, 0.25) is 0 Å². The van der Waals surface area contributed by atoms with Crippen LogP contribution in [0.25, 0.3) is 0 Å². The third-order valence-electron chi connectivity index (χ3n) is 2.76. The van der Waals surface area contributed by atoms with E-state index in [1.54, 1.807) is 0 Å². The Morgan fingerprint density at radius 2 is 2.29 bits per heavy atom. The van der Waals surface area contributed by atoms with Gasteiger partial charge < -0.3 is 16.0 Å². The summed E-state index contributed by atoms with van der Waals surface area (Å²) < 4.78 is 0. The third-order valence-corrected chi connectivity index (χ3v) is 2.76. The molecule has 0 aliphatic carbocycles. The van der Waals surface area contributed by atoms with E-state index in [1.165, 1.54) is 0 Å². The van der Waals surface area contributed by atoms with Gasteiger partial charge in [0.2, 0.25) is 11.8 Å². The number of amides is 2. The third kappa shape index (κ3) is 6.26. The Labute approximate surface area is 103 Å². The molecule has 1 atom stereocenters. The van der Waals surface area contributed by atoms with E-state index in [-0.39, 0.29) is 17.9 Å². The molecule has 0 radical (unpaired) electrons. The van der Waals surface area contributed by atoms with Crippen molar-refractivity contribution in [2.24, 2.45) is 0 Å². The lowest BCUT2D eigenvalue weighted by molar-refractivity contribution is -0.122. The molecule has 1 aliphatic heterocycles. The van der Waals surface area contributed by atoms with Gasteiger partial charge in [0.05, 0.1) is 0 Å². The molecule has 1 rings (SSSR count). The van der Waals surface area contributed by atoms with Gasteiger partial charge in [0.1, 0.15) is 0 Å². The van der Waals surface area contributed by atoms with Gasteiger partial charge in [0.25, 0.3) is 0 Å². The molecule has 0 aromatic heterocycles. The second-order valence-electron chi connectivity index (χ2n) is 4.82. The molecule has 98 valence electrons. The van der Waals surface area contributed by atoms with Crippen LogP contribution in [-0.2, 0) is 9.59 Å². The molecular weight excluding hydrogens is 218 g/mol. The average molecular weight is 241 g/mol. The molecule has 1 fully saturated rings. The quantitative estimate of drug-likeness (QED) is 0.556. The number of rotatable bonds is 7. The molecule has 5 nitrogen and oxygen atoms in total. The fraction of sp³-hybridized carbons (Fsp3) is 0.833. The lowest BCUT2D eigenvalue weighted by Gasteiger charge is -2.11. The second kappa shape index (κ2) is 7.27. The van der Waals surface area contributed by atoms with Gasteiger partial charge in [-0.3, -0.25) is 9.59 Å². The highest BCUT2D eigenvalue weighted by atomic mass is 16.2. The molecule has 0 aromatic rings. The van der Waals surface area contributed by atoms with Crippen LogP contribution in [-0.4, -0.2) is 37.0 Å². The van der Waals surface area contributed by atoms with Crippen LogP contribution in [0.4, 0.5) is 0 Å². The molecule has 0 aromatic carbocycles. The second-order valence-corrected chi connectivity index (χ2v) is 4.82. The maximum atomic E-state index is 11.5. The molecule has 2 amide bonds. The standard InChI is InChI=1S/C12H23N3O2/c1-9(2)13-7-3-4-11(16)14-8-10-5-6-12(17)15-10/h9-10,13H,3-8H2,1-2H3,(H,14,16)(H,15,17). The van der Waals surface area contributed by atoms with E-state index >= 15 is 0 Å². The van der Waals surface area contributed by atoms with Gasteiger partial charge in [-0.25, -0.2) is 0 Å². The Morgan fingerprint density at radius 3 is 2.88 bits per heavy atom. The van der Waals surface area contributed by atoms with Crippen LogP contribution in [0.1, 0.15) is 39.5 Å². The first-order valence-corrected chi connectivity index (χ1v) is 6.37. The smallest absolute Gasteiger partial charge is 0.220 e. The maximum Gasteiger partial charge on any atom is 0.220 e. The normalized spacial score (nSPS) is 19.5. The Bertz CT molecular complexity index is 266. The van der Waals surface area contributed by atoms with Crippen molar-refractivity contribution in [3.8, 4) is 0 Å². The summed E-state index contributed by atoms with van der Waals surface area (Å²) in [6.07, 6.45) is 2.80. The van der Waals surface area contributed by atoms with Crippen molar-refractivity contribution in [1.82, 2.24) is 16.0 Å². The Kier molecular flexibility index (Phi) is 5.97. The largest absolute Gasteiger partial charge is 0.354 e. The first-order valence-electron chi connectivity index (χ1n) is 6.37. The van der Waals surface area contributed by atoms with Crippen LogP contribution in [0, 0.1) is 0 Å². The molecule has 1 unspecified atom stereocenters. The van der Waals surface area contributed by atoms with E-state index in [1.807, 2.05) is 0 Å². The molecular formula is C12H23N3O2. The predicted molar refractivity (Wildman–Crippen MR) is 66.5 cm³/mol. The van der Waals surface area contributed by atoms with E-state index in [9.17, 15) is 9.59 Å². The molecule has 0 spiro atoms. The lowest BCUT2D eigenvalue weighted by atomic mass is 10.2. The van der Waals surface area contributed by atoms with E-state index in [4.69, 9.17) is 0 Å². The first-order chi connectivity index (χ1) is 8.08. The van der Waals surface area contributed by atoms with Gasteiger partial charge >= 0.3 is 0 Å². The first kappa shape index (κ1) is 14.0. The van der Waals surface area contributed by atoms with Gasteiger partial charge in [-0.1, -0.05) is 13.8 Å². The summed E-state index contributed by atoms with van der Waals surface area (Å²) in [6, 6.07) is 0.590. The SMILES string of the molecule is CC(C)NCCCC(=O)NCC1CCC(=O)N1. The van der Waals surface area contributed by atoms with Crippen molar-refractivity contribution in [3.63, 3.8) is 0 Å². The minimum atomic E-state index is 0.0664. The van der Waals surface area contributed by atoms with Gasteiger partial charge in [-0.2, -0.15) is 0 Å². The minimum Gasteiger partial charge on any atom is -0.354 e. The van der Waals surface area contributed by atoms with Crippen LogP contribution >= 0.6 is 0 Å². The predicted octanol–water partition coefficient (Wildman–Crippen LogP) is 0.159. The van der Waals surface area contributed by atoms with Crippen molar-refractivity contribution in [3.05, 3.63) is 0 Å². The molecule has 3 N–H and O–H groups in total. The Balaban J connectivity index is 1.99. The highest BCUT2D eigenvalue weighted by Gasteiger charge is 2.20. The van der Waals surface area contributed by atoms with E-state index < -0.39 is 0 Å². The van der Waals surface area contributed by atoms with Crippen molar-refractivity contribution in [1.29, 1.82) is 0 Å². The van der Waals surface area contributed by atoms with Crippen molar-refractivity contribution in [2.45, 2.75) is 51.6 Å². The van der Waals surface area contributed by atoms with Gasteiger partial charge in [0.15, 0.2) is 0 Å². The number of hydrogen-bond acceptors (Lipinski definition) is 3. The Hall–Kier alpha value is -1.10. The molecule has 0 saturated carbocycles. The number of carbonyl (C=O) groups excluding carboxylic acids is 2. The fourth-order valence-electron chi connectivity index (χ4n) is 1.80. The summed E-state index contributed by atoms with van der Waals surface area (Å²) in [6.45, 7) is 5.60. The topological polar surface area (TPSA) is 70.2 Å². The summed E-state index contributed by atoms with van der Waals surface area (Å²) in [5.74, 6) is 0.155. The average Bonchev–Trinajstić information content (AvgIpc) is 2.67. The maximum absolute atomic E-state index is 11.5. The summed E-state index contributed by atoms with van der Waals surface area (Å²) >= 11 is 0. The van der Waals surface area contributed by atoms with Crippen molar-refractivity contribution < 1.29 is 9.59 Å². The van der Waals surface area contributed by atoms with E-state index in [0.717, 1.165) is 19.4 Å². The van der Waals surface area contributed by atoms with Crippen molar-refractivity contribution >= 4 is 11.8 Å². The van der Waals surface area contributed by atoms with Gasteiger partial charge in [-0.05, 0) is 19.4 Å². The molecule has 1 aliphatic rings. The molecule has 0 bridgehead atoms. The van der Waals surface area contributed by atoms with Gasteiger partial charge in [0, 0.05) is 31.5 Å². The van der Waals surface area contributed by atoms with E-state index in [2.05, 4.69) is 29.8 Å². The van der Waals surface area contributed by atoms with Crippen molar-refractivity contribution in [2.75, 3.05) is 13.1 Å². The zero-order valence-corrected chi connectivity index (χ0v) is 10.7. The van der Waals surface area contributed by atoms with Crippen LogP contribution in [0.3, 0.4) is 0 Å². The van der Waals surface area contributed by atoms with Crippen LogP contribution in [0.15, 0.2) is 0 Å². The fourth-order valence-corrected chi connectivity index (χ4v) is 1.80. The number of carbonyl (C=O) groups is 2. The van der Waals surface area contributed by atoms with Gasteiger partial charge in [-0.15, -0.1) is 0 Å². The summed E-state index contributed by atoms with van der Waals surface area (Å²) in [4.78, 5) is 22.4. The lowest BCUT2D eigenvalue weighted by Crippen LogP contribution is -2.38. The summed E-state index contributed by atoms with van der Waals surface area (Å²) in [5.41, 5.74) is 0. The van der Waals surface area contributed by atoms with Crippen LogP contribution in [0.5, 0.6) is 0 Å². The van der Waals surface area contributed by atoms with E-state index in [0.29, 0.717) is 25.4 Å². The molecule has 1 heterocycles. The van der Waals surface area contributed by atoms with Crippen LogP contribution < -0.4 is 16.0 Å². The minimum absolute atomic E-state index is 0.0664. The highest BCUT2D eigenvalue weighted by molar-refractivity contribution is 5.79. The highest BCUT2D eigenvalue weighted by Crippen LogP contribution is 2.04. The monoisotopic (exact) mass is 241 g/mol. The Morgan fingerprint density at radius 1 is 1.53 bits per heavy atom. The number of hydrogen-bond donors (Lipinski definition) is 3. The summed E-state index contributed by atoms with van der Waals surface area (Å²) in [5, 5.41) is 8.94. The molecule has 17 heavy (non-hydrogen) atoms. The molecule has 5 heteroatoms. The number of nitrogens with one attached hydrogen (secondary N) is 3. The molecule has 1 saturated heterocycles.